The van der Waals surface area contributed by atoms with Crippen molar-refractivity contribution in [2.75, 3.05) is 33.2 Å². The number of nitro groups is 1. The van der Waals surface area contributed by atoms with Gasteiger partial charge in [-0.2, -0.15) is 0 Å². The monoisotopic (exact) mass is 295 g/mol. The van der Waals surface area contributed by atoms with Crippen molar-refractivity contribution in [3.05, 3.63) is 39.2 Å². The molecule has 0 radical (unpaired) electrons. The van der Waals surface area contributed by atoms with Gasteiger partial charge >= 0.3 is 0 Å². The maximum Gasteiger partial charge on any atom is 0.270 e. The second-order valence-electron chi connectivity index (χ2n) is 5.33. The van der Waals surface area contributed by atoms with Crippen molar-refractivity contribution in [3.8, 4) is 0 Å². The molecule has 1 aliphatic rings. The molecule has 6 nitrogen and oxygen atoms in total. The number of carbonyl (C=O) groups is 1. The number of amides is 1. The number of rotatable bonds is 2. The lowest BCUT2D eigenvalue weighted by Gasteiger charge is -2.21. The Morgan fingerprint density at radius 1 is 1.29 bits per heavy atom. The lowest BCUT2D eigenvalue weighted by atomic mass is 10.1. The van der Waals surface area contributed by atoms with Crippen LogP contribution in [0.5, 0.6) is 0 Å². The number of carbonyl (C=O) groups excluding carboxylic acids is 1. The Labute approximate surface area is 122 Å². The van der Waals surface area contributed by atoms with Crippen LogP contribution in [0, 0.1) is 22.9 Å². The summed E-state index contributed by atoms with van der Waals surface area (Å²) in [6, 6.07) is 2.17. The van der Waals surface area contributed by atoms with E-state index in [-0.39, 0.29) is 16.8 Å². The van der Waals surface area contributed by atoms with Crippen LogP contribution in [-0.4, -0.2) is 53.9 Å². The molecule has 1 aliphatic heterocycles. The van der Waals surface area contributed by atoms with Crippen LogP contribution in [0.4, 0.5) is 10.1 Å². The third-order valence-electron chi connectivity index (χ3n) is 3.69. The predicted molar refractivity (Wildman–Crippen MR) is 75.8 cm³/mol. The summed E-state index contributed by atoms with van der Waals surface area (Å²) in [5.74, 6) is -1.15. The molecule has 1 aromatic carbocycles. The van der Waals surface area contributed by atoms with Crippen LogP contribution in [0.2, 0.25) is 0 Å². The zero-order valence-corrected chi connectivity index (χ0v) is 12.1. The van der Waals surface area contributed by atoms with Gasteiger partial charge in [0, 0.05) is 31.8 Å². The van der Waals surface area contributed by atoms with Gasteiger partial charge in [0.2, 0.25) is 0 Å². The number of hydrogen-bond donors (Lipinski definition) is 0. The lowest BCUT2D eigenvalue weighted by molar-refractivity contribution is -0.385. The summed E-state index contributed by atoms with van der Waals surface area (Å²) in [6.45, 7) is 4.04. The maximum absolute atomic E-state index is 14.1. The van der Waals surface area contributed by atoms with Gasteiger partial charge in [0.05, 0.1) is 10.5 Å². The highest BCUT2D eigenvalue weighted by Crippen LogP contribution is 2.22. The molecule has 1 heterocycles. The second-order valence-corrected chi connectivity index (χ2v) is 5.33. The van der Waals surface area contributed by atoms with E-state index in [0.717, 1.165) is 25.1 Å². The first-order valence-corrected chi connectivity index (χ1v) is 6.82. The number of halogens is 1. The van der Waals surface area contributed by atoms with Crippen molar-refractivity contribution in [2.24, 2.45) is 0 Å². The van der Waals surface area contributed by atoms with E-state index in [0.29, 0.717) is 19.6 Å². The van der Waals surface area contributed by atoms with Gasteiger partial charge in [-0.1, -0.05) is 0 Å². The number of aryl methyl sites for hydroxylation is 1. The minimum absolute atomic E-state index is 0.111. The largest absolute Gasteiger partial charge is 0.337 e. The molecule has 1 saturated heterocycles. The molecule has 2 rings (SSSR count). The Morgan fingerprint density at radius 2 is 2.00 bits per heavy atom. The molecule has 1 amide bonds. The number of non-ortho nitro benzene ring substituents is 1. The van der Waals surface area contributed by atoms with Gasteiger partial charge in [-0.3, -0.25) is 14.9 Å². The van der Waals surface area contributed by atoms with E-state index in [9.17, 15) is 19.3 Å². The van der Waals surface area contributed by atoms with Gasteiger partial charge in [-0.25, -0.2) is 4.39 Å². The molecule has 0 N–H and O–H groups in total. The summed E-state index contributed by atoms with van der Waals surface area (Å²) in [6.07, 6.45) is 0.803. The Kier molecular flexibility index (Phi) is 4.52. The molecule has 7 heteroatoms. The van der Waals surface area contributed by atoms with Gasteiger partial charge < -0.3 is 9.80 Å². The quantitative estimate of drug-likeness (QED) is 0.616. The first-order chi connectivity index (χ1) is 9.90. The smallest absolute Gasteiger partial charge is 0.270 e. The molecule has 0 bridgehead atoms. The van der Waals surface area contributed by atoms with Crippen LogP contribution >= 0.6 is 0 Å². The van der Waals surface area contributed by atoms with Crippen LogP contribution in [0.15, 0.2) is 12.1 Å². The fraction of sp³-hybridized carbons (Fsp3) is 0.500. The number of nitrogens with zero attached hydrogens (tertiary/aromatic N) is 3. The van der Waals surface area contributed by atoms with Crippen LogP contribution < -0.4 is 0 Å². The lowest BCUT2D eigenvalue weighted by Crippen LogP contribution is -2.35. The van der Waals surface area contributed by atoms with E-state index in [2.05, 4.69) is 4.90 Å². The van der Waals surface area contributed by atoms with E-state index in [1.807, 2.05) is 7.05 Å². The van der Waals surface area contributed by atoms with Crippen LogP contribution in [-0.2, 0) is 0 Å². The molecule has 0 atom stereocenters. The Balaban J connectivity index is 2.31. The predicted octanol–water partition coefficient (Wildman–Crippen LogP) is 1.82. The highest BCUT2D eigenvalue weighted by atomic mass is 19.1. The summed E-state index contributed by atoms with van der Waals surface area (Å²) < 4.78 is 14.1. The Hall–Kier alpha value is -2.02. The van der Waals surface area contributed by atoms with E-state index in [1.54, 1.807) is 4.90 Å². The third kappa shape index (κ3) is 3.36. The molecule has 0 unspecified atom stereocenters. The summed E-state index contributed by atoms with van der Waals surface area (Å²) in [4.78, 5) is 26.4. The number of benzene rings is 1. The van der Waals surface area contributed by atoms with Gasteiger partial charge in [0.15, 0.2) is 0 Å². The van der Waals surface area contributed by atoms with Crippen molar-refractivity contribution < 1.29 is 14.1 Å². The van der Waals surface area contributed by atoms with E-state index >= 15 is 0 Å². The number of hydrogen-bond acceptors (Lipinski definition) is 4. The number of nitro benzene ring substituents is 1. The van der Waals surface area contributed by atoms with Gasteiger partial charge in [0.25, 0.3) is 11.6 Å². The van der Waals surface area contributed by atoms with Crippen molar-refractivity contribution in [3.63, 3.8) is 0 Å². The molecule has 0 aliphatic carbocycles. The first-order valence-electron chi connectivity index (χ1n) is 6.82. The van der Waals surface area contributed by atoms with E-state index < -0.39 is 16.6 Å². The van der Waals surface area contributed by atoms with E-state index in [1.165, 1.54) is 6.92 Å². The molecule has 0 saturated carbocycles. The number of likely N-dealkylation sites (N-methyl/N-ethyl adjacent to an activating group) is 1. The highest BCUT2D eigenvalue weighted by Gasteiger charge is 2.25. The molecular formula is C14H18FN3O3. The highest BCUT2D eigenvalue weighted by molar-refractivity contribution is 5.95. The molecule has 1 fully saturated rings. The zero-order valence-electron chi connectivity index (χ0n) is 12.1. The van der Waals surface area contributed by atoms with E-state index in [4.69, 9.17) is 0 Å². The normalized spacial score (nSPS) is 16.6. The van der Waals surface area contributed by atoms with Crippen molar-refractivity contribution in [2.45, 2.75) is 13.3 Å². The third-order valence-corrected chi connectivity index (χ3v) is 3.69. The molecule has 0 aromatic heterocycles. The summed E-state index contributed by atoms with van der Waals surface area (Å²) in [5, 5.41) is 10.9. The summed E-state index contributed by atoms with van der Waals surface area (Å²) in [7, 11) is 1.96. The van der Waals surface area contributed by atoms with Gasteiger partial charge in [-0.05, 0) is 32.5 Å². The Bertz CT molecular complexity index is 577. The average molecular weight is 295 g/mol. The summed E-state index contributed by atoms with van der Waals surface area (Å²) >= 11 is 0. The fourth-order valence-electron chi connectivity index (χ4n) is 2.43. The fourth-order valence-corrected chi connectivity index (χ4v) is 2.43. The van der Waals surface area contributed by atoms with Crippen LogP contribution in [0.25, 0.3) is 0 Å². The minimum Gasteiger partial charge on any atom is -0.337 e. The van der Waals surface area contributed by atoms with Crippen molar-refractivity contribution in [1.29, 1.82) is 0 Å². The molecule has 21 heavy (non-hydrogen) atoms. The molecule has 1 aromatic rings. The SMILES string of the molecule is Cc1cc([N+](=O)[O-])cc(C(=O)N2CCCN(C)CC2)c1F. The maximum atomic E-state index is 14.1. The van der Waals surface area contributed by atoms with Crippen LogP contribution in [0.3, 0.4) is 0 Å². The summed E-state index contributed by atoms with van der Waals surface area (Å²) in [5.41, 5.74) is -0.366. The van der Waals surface area contributed by atoms with Crippen molar-refractivity contribution in [1.82, 2.24) is 9.80 Å². The standard InChI is InChI=1S/C14H18FN3O3/c1-10-8-11(18(20)21)9-12(13(10)15)14(19)17-5-3-4-16(2)6-7-17/h8-9H,3-7H2,1-2H3. The second kappa shape index (κ2) is 6.17. The molecule has 0 spiro atoms. The van der Waals surface area contributed by atoms with Gasteiger partial charge in [-0.15, -0.1) is 0 Å². The Morgan fingerprint density at radius 3 is 2.67 bits per heavy atom. The average Bonchev–Trinajstić information content (AvgIpc) is 2.65. The molecular weight excluding hydrogens is 277 g/mol. The van der Waals surface area contributed by atoms with Crippen LogP contribution in [0.1, 0.15) is 22.3 Å². The van der Waals surface area contributed by atoms with Gasteiger partial charge in [0.1, 0.15) is 5.82 Å². The topological polar surface area (TPSA) is 66.7 Å². The molecule has 114 valence electrons. The van der Waals surface area contributed by atoms with Crippen molar-refractivity contribution >= 4 is 11.6 Å². The minimum atomic E-state index is -0.678. The zero-order chi connectivity index (χ0) is 15.6. The first kappa shape index (κ1) is 15.4.